The van der Waals surface area contributed by atoms with Crippen LogP contribution in [0.15, 0.2) is 65.9 Å². The monoisotopic (exact) mass is 395 g/mol. The van der Waals surface area contributed by atoms with Gasteiger partial charge in [0.1, 0.15) is 0 Å². The zero-order valence-corrected chi connectivity index (χ0v) is 16.1. The van der Waals surface area contributed by atoms with Gasteiger partial charge in [-0.3, -0.25) is 10.1 Å². The summed E-state index contributed by atoms with van der Waals surface area (Å²) in [7, 11) is 1.56. The topological polar surface area (TPSA) is 102 Å². The van der Waals surface area contributed by atoms with E-state index in [1.807, 2.05) is 30.3 Å². The van der Waals surface area contributed by atoms with Gasteiger partial charge in [-0.1, -0.05) is 30.3 Å². The molecule has 2 amide bonds. The molecule has 1 atom stereocenters. The maximum Gasteiger partial charge on any atom is 0.338 e. The number of hydrogen-bond acceptors (Lipinski definition) is 5. The summed E-state index contributed by atoms with van der Waals surface area (Å²) >= 11 is 0. The Bertz CT molecular complexity index is 954. The molecule has 1 N–H and O–H groups in total. The molecule has 8 heteroatoms. The lowest BCUT2D eigenvalue weighted by Gasteiger charge is -2.33. The second-order valence-electron chi connectivity index (χ2n) is 6.66. The van der Waals surface area contributed by atoms with Gasteiger partial charge in [-0.25, -0.2) is 9.59 Å². The van der Waals surface area contributed by atoms with Crippen molar-refractivity contribution in [3.63, 3.8) is 0 Å². The maximum atomic E-state index is 12.8. The highest BCUT2D eigenvalue weighted by molar-refractivity contribution is 5.95. The number of amides is 2. The predicted octanol–water partition coefficient (Wildman–Crippen LogP) is 3.35. The lowest BCUT2D eigenvalue weighted by atomic mass is 9.95. The fraction of sp³-hybridized carbons (Fsp3) is 0.238. The molecule has 150 valence electrons. The van der Waals surface area contributed by atoms with Gasteiger partial charge in [-0.15, -0.1) is 0 Å². The zero-order chi connectivity index (χ0) is 21.0. The first-order chi connectivity index (χ1) is 13.9. The number of nitrogens with zero attached hydrogens (tertiary/aromatic N) is 2. The smallest absolute Gasteiger partial charge is 0.338 e. The van der Waals surface area contributed by atoms with E-state index in [-0.39, 0.29) is 18.3 Å². The van der Waals surface area contributed by atoms with Gasteiger partial charge in [-0.05, 0) is 30.2 Å². The van der Waals surface area contributed by atoms with E-state index >= 15 is 0 Å². The van der Waals surface area contributed by atoms with Crippen LogP contribution < -0.4 is 5.32 Å². The van der Waals surface area contributed by atoms with E-state index in [9.17, 15) is 19.7 Å². The van der Waals surface area contributed by atoms with Crippen LogP contribution in [0.5, 0.6) is 0 Å². The van der Waals surface area contributed by atoms with E-state index in [1.54, 1.807) is 14.0 Å². The SMILES string of the molecule is CC1=C(C(=O)OCCc2ccccc2)[C@H](c2ccc([N+](=O)[O-])cc2)NC(=O)N1C. The summed E-state index contributed by atoms with van der Waals surface area (Å²) in [5.41, 5.74) is 2.31. The standard InChI is InChI=1S/C21H21N3O5/c1-14-18(20(25)29-13-12-15-6-4-3-5-7-15)19(22-21(26)23(14)2)16-8-10-17(11-9-16)24(27)28/h3-11,19H,12-13H2,1-2H3,(H,22,26)/t19-/m0/s1. The molecule has 0 saturated heterocycles. The van der Waals surface area contributed by atoms with Gasteiger partial charge in [0.2, 0.25) is 0 Å². The van der Waals surface area contributed by atoms with Crippen molar-refractivity contribution in [2.45, 2.75) is 19.4 Å². The quantitative estimate of drug-likeness (QED) is 0.459. The van der Waals surface area contributed by atoms with Crippen LogP contribution in [0.1, 0.15) is 24.1 Å². The van der Waals surface area contributed by atoms with Crippen molar-refractivity contribution >= 4 is 17.7 Å². The summed E-state index contributed by atoms with van der Waals surface area (Å²) in [5, 5.41) is 13.6. The minimum absolute atomic E-state index is 0.0688. The van der Waals surface area contributed by atoms with Crippen molar-refractivity contribution in [1.29, 1.82) is 0 Å². The third kappa shape index (κ3) is 4.43. The second kappa shape index (κ2) is 8.55. The number of non-ortho nitro benzene ring substituents is 1. The van der Waals surface area contributed by atoms with Crippen LogP contribution in [0.25, 0.3) is 0 Å². The van der Waals surface area contributed by atoms with Crippen molar-refractivity contribution in [2.24, 2.45) is 0 Å². The Balaban J connectivity index is 1.82. The van der Waals surface area contributed by atoms with Crippen molar-refractivity contribution < 1.29 is 19.2 Å². The van der Waals surface area contributed by atoms with Gasteiger partial charge in [0.15, 0.2) is 0 Å². The molecule has 3 rings (SSSR count). The number of carbonyl (C=O) groups excluding carboxylic acids is 2. The molecule has 1 heterocycles. The third-order valence-corrected chi connectivity index (χ3v) is 4.88. The number of urea groups is 1. The number of benzene rings is 2. The number of esters is 1. The fourth-order valence-electron chi connectivity index (χ4n) is 3.12. The zero-order valence-electron chi connectivity index (χ0n) is 16.1. The summed E-state index contributed by atoms with van der Waals surface area (Å²) in [4.78, 5) is 36.8. The van der Waals surface area contributed by atoms with E-state index in [0.717, 1.165) is 5.56 Å². The molecule has 1 aliphatic rings. The van der Waals surface area contributed by atoms with Gasteiger partial charge < -0.3 is 15.0 Å². The first-order valence-electron chi connectivity index (χ1n) is 9.09. The van der Waals surface area contributed by atoms with Crippen molar-refractivity contribution in [2.75, 3.05) is 13.7 Å². The second-order valence-corrected chi connectivity index (χ2v) is 6.66. The molecule has 2 aromatic carbocycles. The molecule has 29 heavy (non-hydrogen) atoms. The Kier molecular flexibility index (Phi) is 5.92. The molecule has 0 saturated carbocycles. The molecule has 2 aromatic rings. The fourth-order valence-corrected chi connectivity index (χ4v) is 3.12. The summed E-state index contributed by atoms with van der Waals surface area (Å²) < 4.78 is 5.47. The Labute approximate surface area is 167 Å². The Morgan fingerprint density at radius 3 is 2.45 bits per heavy atom. The normalized spacial score (nSPS) is 16.4. The minimum atomic E-state index is -0.747. The molecular weight excluding hydrogens is 374 g/mol. The minimum Gasteiger partial charge on any atom is -0.462 e. The summed E-state index contributed by atoms with van der Waals surface area (Å²) in [5.74, 6) is -0.534. The molecule has 0 fully saturated rings. The molecule has 0 radical (unpaired) electrons. The average molecular weight is 395 g/mol. The molecule has 0 bridgehead atoms. The number of allylic oxidation sites excluding steroid dienone is 1. The number of nitrogens with one attached hydrogen (secondary N) is 1. The lowest BCUT2D eigenvalue weighted by molar-refractivity contribution is -0.384. The van der Waals surface area contributed by atoms with E-state index in [4.69, 9.17) is 4.74 Å². The molecule has 1 aliphatic heterocycles. The van der Waals surface area contributed by atoms with Crippen molar-refractivity contribution in [3.05, 3.63) is 87.1 Å². The number of ether oxygens (including phenoxy) is 1. The van der Waals surface area contributed by atoms with Crippen LogP contribution in [-0.2, 0) is 16.0 Å². The Morgan fingerprint density at radius 1 is 1.17 bits per heavy atom. The summed E-state index contributed by atoms with van der Waals surface area (Å²) in [6, 6.07) is 14.3. The first kappa shape index (κ1) is 20.1. The van der Waals surface area contributed by atoms with E-state index in [0.29, 0.717) is 23.3 Å². The Hall–Kier alpha value is -3.68. The number of nitro benzene ring substituents is 1. The summed E-state index contributed by atoms with van der Waals surface area (Å²) in [6.45, 7) is 1.87. The van der Waals surface area contributed by atoms with Crippen LogP contribution >= 0.6 is 0 Å². The van der Waals surface area contributed by atoms with E-state index in [1.165, 1.54) is 29.2 Å². The van der Waals surface area contributed by atoms with Gasteiger partial charge in [-0.2, -0.15) is 0 Å². The van der Waals surface area contributed by atoms with Crippen LogP contribution in [0.2, 0.25) is 0 Å². The highest BCUT2D eigenvalue weighted by Gasteiger charge is 2.35. The molecule has 8 nitrogen and oxygen atoms in total. The number of nitro groups is 1. The molecule has 0 unspecified atom stereocenters. The summed E-state index contributed by atoms with van der Waals surface area (Å²) in [6.07, 6.45) is 0.573. The lowest BCUT2D eigenvalue weighted by Crippen LogP contribution is -2.46. The van der Waals surface area contributed by atoms with E-state index in [2.05, 4.69) is 5.32 Å². The van der Waals surface area contributed by atoms with Gasteiger partial charge >= 0.3 is 12.0 Å². The van der Waals surface area contributed by atoms with Crippen molar-refractivity contribution in [1.82, 2.24) is 10.2 Å². The van der Waals surface area contributed by atoms with E-state index < -0.39 is 16.9 Å². The number of carbonyl (C=O) groups is 2. The van der Waals surface area contributed by atoms with Crippen molar-refractivity contribution in [3.8, 4) is 0 Å². The van der Waals surface area contributed by atoms with Crippen LogP contribution in [0.4, 0.5) is 10.5 Å². The van der Waals surface area contributed by atoms with Crippen LogP contribution in [0.3, 0.4) is 0 Å². The largest absolute Gasteiger partial charge is 0.462 e. The molecular formula is C21H21N3O5. The van der Waals surface area contributed by atoms with Gasteiger partial charge in [0, 0.05) is 31.3 Å². The number of hydrogen-bond donors (Lipinski definition) is 1. The van der Waals surface area contributed by atoms with Crippen LogP contribution in [0, 0.1) is 10.1 Å². The third-order valence-electron chi connectivity index (χ3n) is 4.88. The molecule has 0 spiro atoms. The highest BCUT2D eigenvalue weighted by atomic mass is 16.6. The number of rotatable bonds is 6. The predicted molar refractivity (Wildman–Crippen MR) is 106 cm³/mol. The maximum absolute atomic E-state index is 12.8. The van der Waals surface area contributed by atoms with Gasteiger partial charge in [0.05, 0.1) is 23.1 Å². The Morgan fingerprint density at radius 2 is 1.83 bits per heavy atom. The highest BCUT2D eigenvalue weighted by Crippen LogP contribution is 2.31. The molecule has 0 aromatic heterocycles. The van der Waals surface area contributed by atoms with Crippen LogP contribution in [-0.4, -0.2) is 35.5 Å². The molecule has 0 aliphatic carbocycles. The van der Waals surface area contributed by atoms with Gasteiger partial charge in [0.25, 0.3) is 5.69 Å². The average Bonchev–Trinajstić information content (AvgIpc) is 2.72. The first-order valence-corrected chi connectivity index (χ1v) is 9.09.